The molecule has 1 nitrogen and oxygen atoms in total. The molecule has 0 radical (unpaired) electrons. The average molecular weight is 725 g/mol. The van der Waals surface area contributed by atoms with Crippen LogP contribution in [-0.4, -0.2) is 0 Å². The first kappa shape index (κ1) is 34.6. The van der Waals surface area contributed by atoms with E-state index in [-0.39, 0.29) is 5.41 Å². The summed E-state index contributed by atoms with van der Waals surface area (Å²) >= 11 is 0. The lowest BCUT2D eigenvalue weighted by Crippen LogP contribution is -2.16. The normalized spacial score (nSPS) is 13.3. The molecular formula is C55H48O. The number of aryl methyl sites for hydroxylation is 4. The molecular weight excluding hydrogens is 677 g/mol. The van der Waals surface area contributed by atoms with Crippen molar-refractivity contribution in [3.05, 3.63) is 165 Å². The van der Waals surface area contributed by atoms with Crippen molar-refractivity contribution >= 4 is 43.5 Å². The minimum absolute atomic E-state index is 0.109. The third-order valence-electron chi connectivity index (χ3n) is 14.1. The third-order valence-corrected chi connectivity index (χ3v) is 14.1. The van der Waals surface area contributed by atoms with Crippen LogP contribution in [0.15, 0.2) is 114 Å². The van der Waals surface area contributed by atoms with Gasteiger partial charge in [0.15, 0.2) is 0 Å². The minimum atomic E-state index is -0.109. The number of benzene rings is 8. The fourth-order valence-electron chi connectivity index (χ4n) is 10.6. The van der Waals surface area contributed by atoms with Gasteiger partial charge in [0.25, 0.3) is 0 Å². The van der Waals surface area contributed by atoms with Gasteiger partial charge in [-0.3, -0.25) is 0 Å². The highest BCUT2D eigenvalue weighted by atomic mass is 16.3. The Labute approximate surface area is 330 Å². The summed E-state index contributed by atoms with van der Waals surface area (Å²) in [6, 6.07) is 40.5. The van der Waals surface area contributed by atoms with Crippen LogP contribution >= 0.6 is 0 Å². The van der Waals surface area contributed by atoms with Crippen molar-refractivity contribution in [2.45, 2.75) is 74.7 Å². The highest BCUT2D eigenvalue weighted by Gasteiger charge is 2.37. The van der Waals surface area contributed by atoms with Crippen LogP contribution in [0.2, 0.25) is 0 Å². The van der Waals surface area contributed by atoms with E-state index in [2.05, 4.69) is 178 Å². The molecule has 9 aromatic rings. The van der Waals surface area contributed by atoms with E-state index >= 15 is 0 Å². The summed E-state index contributed by atoms with van der Waals surface area (Å²) in [6.07, 6.45) is 0. The van der Waals surface area contributed by atoms with Gasteiger partial charge in [0.2, 0.25) is 0 Å². The summed E-state index contributed by atoms with van der Waals surface area (Å²) in [5, 5.41) is 7.75. The Hall–Kier alpha value is -5.92. The monoisotopic (exact) mass is 724 g/mol. The van der Waals surface area contributed by atoms with E-state index in [0.717, 1.165) is 16.6 Å². The van der Waals surface area contributed by atoms with E-state index in [0.29, 0.717) is 0 Å². The van der Waals surface area contributed by atoms with Gasteiger partial charge < -0.3 is 4.42 Å². The van der Waals surface area contributed by atoms with E-state index in [1.54, 1.807) is 0 Å². The standard InChI is InChI=1S/C55H48O/c1-29-31(3)35(7)49-47(33(29)5)51(38-19-15-18-37(28-38)39-22-16-23-41-40-20-11-13-25-44(40)55(9,10)54(39)41)48-34(6)30(2)32(4)36(8)50(48)53(49)43-24-17-27-46-52(43)42-21-12-14-26-45(42)56-46/h11-28H,1-10H3. The van der Waals surface area contributed by atoms with E-state index in [9.17, 15) is 0 Å². The summed E-state index contributed by atoms with van der Waals surface area (Å²) in [7, 11) is 0. The van der Waals surface area contributed by atoms with E-state index in [1.807, 2.05) is 0 Å². The fraction of sp³-hybridized carbons (Fsp3) is 0.200. The molecule has 10 rings (SSSR count). The van der Waals surface area contributed by atoms with Crippen molar-refractivity contribution in [1.82, 2.24) is 0 Å². The maximum absolute atomic E-state index is 6.55. The highest BCUT2D eigenvalue weighted by molar-refractivity contribution is 6.28. The first-order valence-electron chi connectivity index (χ1n) is 20.1. The predicted octanol–water partition coefficient (Wildman–Crippen LogP) is 15.7. The zero-order chi connectivity index (χ0) is 38.9. The molecule has 0 spiro atoms. The summed E-state index contributed by atoms with van der Waals surface area (Å²) in [5.74, 6) is 0. The van der Waals surface area contributed by atoms with Gasteiger partial charge in [0.05, 0.1) is 0 Å². The molecule has 8 aromatic carbocycles. The van der Waals surface area contributed by atoms with Crippen LogP contribution in [0.25, 0.3) is 88.0 Å². The van der Waals surface area contributed by atoms with E-state index in [1.165, 1.54) is 127 Å². The summed E-state index contributed by atoms with van der Waals surface area (Å²) < 4.78 is 6.55. The van der Waals surface area contributed by atoms with Crippen LogP contribution < -0.4 is 0 Å². The SMILES string of the molecule is Cc1c(C)c(C)c2c(-c3cccc4oc5ccccc5c34)c3c(C)c(C)c(C)c(C)c3c(-c3cccc(-c4cccc5c4C(C)(C)c4ccccc4-5)c3)c2c1C. The van der Waals surface area contributed by atoms with Crippen molar-refractivity contribution in [2.24, 2.45) is 0 Å². The molecule has 0 unspecified atom stereocenters. The van der Waals surface area contributed by atoms with Crippen molar-refractivity contribution in [3.63, 3.8) is 0 Å². The van der Waals surface area contributed by atoms with Gasteiger partial charge in [-0.25, -0.2) is 0 Å². The second-order valence-corrected chi connectivity index (χ2v) is 17.0. The van der Waals surface area contributed by atoms with Gasteiger partial charge in [0.1, 0.15) is 11.2 Å². The zero-order valence-electron chi connectivity index (χ0n) is 34.3. The predicted molar refractivity (Wildman–Crippen MR) is 240 cm³/mol. The van der Waals surface area contributed by atoms with Crippen LogP contribution in [0.5, 0.6) is 0 Å². The number of furan rings is 1. The Morgan fingerprint density at radius 2 is 0.857 bits per heavy atom. The van der Waals surface area contributed by atoms with Gasteiger partial charge in [-0.15, -0.1) is 0 Å². The topological polar surface area (TPSA) is 13.1 Å². The first-order valence-corrected chi connectivity index (χ1v) is 20.1. The molecule has 1 heterocycles. The molecule has 1 aromatic heterocycles. The lowest BCUT2D eigenvalue weighted by Gasteiger charge is -2.27. The smallest absolute Gasteiger partial charge is 0.136 e. The Morgan fingerprint density at radius 1 is 0.375 bits per heavy atom. The van der Waals surface area contributed by atoms with E-state index < -0.39 is 0 Å². The molecule has 0 atom stereocenters. The molecule has 0 fully saturated rings. The van der Waals surface area contributed by atoms with E-state index in [4.69, 9.17) is 4.42 Å². The summed E-state index contributed by atoms with van der Waals surface area (Å²) in [4.78, 5) is 0. The molecule has 1 aliphatic carbocycles. The molecule has 274 valence electrons. The van der Waals surface area contributed by atoms with Crippen molar-refractivity contribution in [3.8, 4) is 44.5 Å². The fourth-order valence-corrected chi connectivity index (χ4v) is 10.6. The lowest BCUT2D eigenvalue weighted by molar-refractivity contribution is 0.662. The number of rotatable bonds is 3. The molecule has 0 amide bonds. The molecule has 0 bridgehead atoms. The molecule has 56 heavy (non-hydrogen) atoms. The summed E-state index contributed by atoms with van der Waals surface area (Å²) in [6.45, 7) is 23.5. The molecule has 0 N–H and O–H groups in total. The van der Waals surface area contributed by atoms with Crippen molar-refractivity contribution < 1.29 is 4.42 Å². The molecule has 1 aliphatic rings. The van der Waals surface area contributed by atoms with Gasteiger partial charge >= 0.3 is 0 Å². The van der Waals surface area contributed by atoms with Crippen molar-refractivity contribution in [1.29, 1.82) is 0 Å². The lowest BCUT2D eigenvalue weighted by atomic mass is 9.75. The first-order chi connectivity index (χ1) is 26.9. The highest BCUT2D eigenvalue weighted by Crippen LogP contribution is 2.55. The Bertz CT molecular complexity index is 3100. The van der Waals surface area contributed by atoms with Gasteiger partial charge in [-0.05, 0) is 195 Å². The second-order valence-electron chi connectivity index (χ2n) is 17.0. The number of para-hydroxylation sites is 1. The quantitative estimate of drug-likeness (QED) is 0.165. The average Bonchev–Trinajstić information content (AvgIpc) is 3.72. The number of hydrogen-bond donors (Lipinski definition) is 0. The van der Waals surface area contributed by atoms with Gasteiger partial charge in [-0.2, -0.15) is 0 Å². The maximum atomic E-state index is 6.55. The van der Waals surface area contributed by atoms with Crippen LogP contribution in [0, 0.1) is 55.4 Å². The Kier molecular flexibility index (Phi) is 7.43. The Balaban J connectivity index is 1.38. The number of hydrogen-bond acceptors (Lipinski definition) is 1. The van der Waals surface area contributed by atoms with Crippen LogP contribution in [-0.2, 0) is 5.41 Å². The third kappa shape index (κ3) is 4.49. The van der Waals surface area contributed by atoms with Gasteiger partial charge in [0, 0.05) is 16.2 Å². The van der Waals surface area contributed by atoms with Crippen LogP contribution in [0.1, 0.15) is 69.5 Å². The van der Waals surface area contributed by atoms with Gasteiger partial charge in [-0.1, -0.05) is 105 Å². The zero-order valence-corrected chi connectivity index (χ0v) is 34.3. The maximum Gasteiger partial charge on any atom is 0.136 e. The number of fused-ring (bicyclic) bond motifs is 8. The molecule has 0 saturated heterocycles. The second kappa shape index (κ2) is 12.0. The molecule has 0 aliphatic heterocycles. The largest absolute Gasteiger partial charge is 0.456 e. The van der Waals surface area contributed by atoms with Crippen molar-refractivity contribution in [2.75, 3.05) is 0 Å². The van der Waals surface area contributed by atoms with Crippen LogP contribution in [0.3, 0.4) is 0 Å². The van der Waals surface area contributed by atoms with Crippen LogP contribution in [0.4, 0.5) is 0 Å². The minimum Gasteiger partial charge on any atom is -0.456 e. The Morgan fingerprint density at radius 3 is 1.54 bits per heavy atom. The summed E-state index contributed by atoms with van der Waals surface area (Å²) in [5.41, 5.74) is 25.8. The molecule has 0 saturated carbocycles. The molecule has 1 heteroatoms.